The number of likely N-dealkylation sites (tertiary alicyclic amines) is 1. The molecule has 9 nitrogen and oxygen atoms in total. The van der Waals surface area contributed by atoms with E-state index in [9.17, 15) is 21.6 Å². The van der Waals surface area contributed by atoms with Crippen LogP contribution >= 0.6 is 0 Å². The fourth-order valence-corrected chi connectivity index (χ4v) is 3.98. The van der Waals surface area contributed by atoms with Crippen LogP contribution in [0.3, 0.4) is 0 Å². The molecule has 1 aliphatic heterocycles. The maximum atomic E-state index is 12.4. The number of carbonyl (C=O) groups is 1. The summed E-state index contributed by atoms with van der Waals surface area (Å²) < 4.78 is 60.3. The van der Waals surface area contributed by atoms with E-state index in [0.29, 0.717) is 45.2 Å². The topological polar surface area (TPSA) is 116 Å². The first kappa shape index (κ1) is 25.1. The molecule has 0 aromatic heterocycles. The number of hydrogen-bond acceptors (Lipinski definition) is 8. The van der Waals surface area contributed by atoms with Gasteiger partial charge in [-0.25, -0.2) is 4.79 Å². The van der Waals surface area contributed by atoms with Crippen LogP contribution in [-0.2, 0) is 33.3 Å². The predicted octanol–water partition coefficient (Wildman–Crippen LogP) is 2.13. The molecule has 1 fully saturated rings. The first-order valence-electron chi connectivity index (χ1n) is 9.28. The minimum Gasteiger partial charge on any atom is -0.444 e. The zero-order valence-corrected chi connectivity index (χ0v) is 19.0. The summed E-state index contributed by atoms with van der Waals surface area (Å²) in [6.07, 6.45) is 4.41. The normalized spacial score (nSPS) is 18.5. The summed E-state index contributed by atoms with van der Waals surface area (Å²) in [5, 5.41) is 0. The number of hydrogen-bond donors (Lipinski definition) is 0. The standard InChI is InChI=1S/C17H33NO8S2/c1-16(2,3)26-15(19)18-11-6-7-17(8-12-18,9-13-24-27(4,20)21)10-14-25-28(5,22)23/h6-14H2,1-5H3. The molecule has 0 atom stereocenters. The van der Waals surface area contributed by atoms with E-state index in [2.05, 4.69) is 0 Å². The van der Waals surface area contributed by atoms with Gasteiger partial charge in [0.1, 0.15) is 5.60 Å². The van der Waals surface area contributed by atoms with Gasteiger partial charge in [0.15, 0.2) is 0 Å². The second-order valence-electron chi connectivity index (χ2n) is 8.37. The molecular weight excluding hydrogens is 410 g/mol. The zero-order valence-electron chi connectivity index (χ0n) is 17.4. The molecule has 0 aliphatic carbocycles. The highest BCUT2D eigenvalue weighted by molar-refractivity contribution is 7.86. The van der Waals surface area contributed by atoms with E-state index < -0.39 is 25.8 Å². The lowest BCUT2D eigenvalue weighted by molar-refractivity contribution is 0.0247. The minimum atomic E-state index is -3.56. The van der Waals surface area contributed by atoms with Crippen molar-refractivity contribution in [1.29, 1.82) is 0 Å². The van der Waals surface area contributed by atoms with Crippen LogP contribution < -0.4 is 0 Å². The molecule has 1 aliphatic rings. The van der Waals surface area contributed by atoms with Crippen molar-refractivity contribution in [2.75, 3.05) is 38.8 Å². The molecule has 166 valence electrons. The van der Waals surface area contributed by atoms with Crippen molar-refractivity contribution in [3.8, 4) is 0 Å². The molecular formula is C17H33NO8S2. The van der Waals surface area contributed by atoms with Crippen LogP contribution in [0, 0.1) is 5.41 Å². The zero-order chi connectivity index (χ0) is 21.6. The smallest absolute Gasteiger partial charge is 0.410 e. The maximum Gasteiger partial charge on any atom is 0.410 e. The summed E-state index contributed by atoms with van der Waals surface area (Å²) in [7, 11) is -7.12. The summed E-state index contributed by atoms with van der Waals surface area (Å²) in [6, 6.07) is 0. The van der Waals surface area contributed by atoms with Gasteiger partial charge >= 0.3 is 6.09 Å². The quantitative estimate of drug-likeness (QED) is 0.524. The molecule has 0 N–H and O–H groups in total. The number of nitrogens with zero attached hydrogens (tertiary/aromatic N) is 1. The largest absolute Gasteiger partial charge is 0.444 e. The van der Waals surface area contributed by atoms with Crippen LogP contribution in [-0.4, -0.2) is 72.2 Å². The van der Waals surface area contributed by atoms with Gasteiger partial charge in [-0.2, -0.15) is 16.8 Å². The van der Waals surface area contributed by atoms with Crippen molar-refractivity contribution in [3.05, 3.63) is 0 Å². The van der Waals surface area contributed by atoms with E-state index in [1.807, 2.05) is 0 Å². The molecule has 1 heterocycles. The van der Waals surface area contributed by atoms with E-state index in [1.54, 1.807) is 25.7 Å². The Kier molecular flexibility index (Phi) is 8.73. The molecule has 1 rings (SSSR count). The van der Waals surface area contributed by atoms with E-state index in [-0.39, 0.29) is 24.7 Å². The molecule has 0 bridgehead atoms. The maximum absolute atomic E-state index is 12.4. The van der Waals surface area contributed by atoms with E-state index >= 15 is 0 Å². The molecule has 11 heteroatoms. The van der Waals surface area contributed by atoms with Crippen LogP contribution in [0.5, 0.6) is 0 Å². The van der Waals surface area contributed by atoms with Crippen molar-refractivity contribution in [2.24, 2.45) is 5.41 Å². The molecule has 1 saturated heterocycles. The third-order valence-corrected chi connectivity index (χ3v) is 5.75. The van der Waals surface area contributed by atoms with Gasteiger partial charge in [-0.3, -0.25) is 8.37 Å². The third kappa shape index (κ3) is 10.6. The number of rotatable bonds is 8. The van der Waals surface area contributed by atoms with Gasteiger partial charge in [0, 0.05) is 13.1 Å². The average Bonchev–Trinajstić information content (AvgIpc) is 2.66. The third-order valence-electron chi connectivity index (χ3n) is 4.56. The van der Waals surface area contributed by atoms with E-state index in [0.717, 1.165) is 12.5 Å². The molecule has 1 amide bonds. The molecule has 0 radical (unpaired) electrons. The van der Waals surface area contributed by atoms with Crippen molar-refractivity contribution in [1.82, 2.24) is 4.90 Å². The predicted molar refractivity (Wildman–Crippen MR) is 105 cm³/mol. The van der Waals surface area contributed by atoms with Gasteiger partial charge in [-0.15, -0.1) is 0 Å². The van der Waals surface area contributed by atoms with E-state index in [1.165, 1.54) is 0 Å². The molecule has 0 aromatic rings. The summed E-state index contributed by atoms with van der Waals surface area (Å²) >= 11 is 0. The van der Waals surface area contributed by atoms with E-state index in [4.69, 9.17) is 13.1 Å². The summed E-state index contributed by atoms with van der Waals surface area (Å²) in [4.78, 5) is 14.0. The lowest BCUT2D eigenvalue weighted by atomic mass is 9.75. The van der Waals surface area contributed by atoms with Crippen LogP contribution in [0.2, 0.25) is 0 Å². The highest BCUT2D eigenvalue weighted by Gasteiger charge is 2.35. The van der Waals surface area contributed by atoms with Crippen molar-refractivity contribution >= 4 is 26.3 Å². The second kappa shape index (κ2) is 9.73. The van der Waals surface area contributed by atoms with Gasteiger partial charge in [-0.1, -0.05) is 0 Å². The Bertz CT molecular complexity index is 687. The SMILES string of the molecule is CC(C)(C)OC(=O)N1CCCC(CCOS(C)(=O)=O)(CCOS(C)(=O)=O)CC1. The van der Waals surface area contributed by atoms with Gasteiger partial charge in [-0.05, 0) is 58.3 Å². The Balaban J connectivity index is 2.81. The lowest BCUT2D eigenvalue weighted by Crippen LogP contribution is -2.38. The highest BCUT2D eigenvalue weighted by atomic mass is 32.2. The minimum absolute atomic E-state index is 0.00411. The summed E-state index contributed by atoms with van der Waals surface area (Å²) in [5.74, 6) is 0. The van der Waals surface area contributed by atoms with Crippen LogP contribution in [0.4, 0.5) is 4.79 Å². The first-order valence-corrected chi connectivity index (χ1v) is 12.9. The number of amides is 1. The van der Waals surface area contributed by atoms with Crippen molar-refractivity contribution in [2.45, 2.75) is 58.5 Å². The van der Waals surface area contributed by atoms with Crippen LogP contribution in [0.15, 0.2) is 0 Å². The van der Waals surface area contributed by atoms with Gasteiger partial charge in [0.25, 0.3) is 20.2 Å². The molecule has 28 heavy (non-hydrogen) atoms. The molecule has 0 aromatic carbocycles. The Hall–Kier alpha value is -0.910. The first-order chi connectivity index (χ1) is 12.6. The van der Waals surface area contributed by atoms with Crippen molar-refractivity contribution < 1.29 is 34.7 Å². The highest BCUT2D eigenvalue weighted by Crippen LogP contribution is 2.39. The number of ether oxygens (including phenoxy) is 1. The second-order valence-corrected chi connectivity index (χ2v) is 11.7. The Morgan fingerprint density at radius 3 is 1.86 bits per heavy atom. The summed E-state index contributed by atoms with van der Waals surface area (Å²) in [6.45, 7) is 6.38. The van der Waals surface area contributed by atoms with Crippen LogP contribution in [0.25, 0.3) is 0 Å². The molecule has 0 unspecified atom stereocenters. The van der Waals surface area contributed by atoms with Gasteiger partial charge in [0.2, 0.25) is 0 Å². The molecule has 0 saturated carbocycles. The van der Waals surface area contributed by atoms with Gasteiger partial charge in [0.05, 0.1) is 25.7 Å². The van der Waals surface area contributed by atoms with Gasteiger partial charge < -0.3 is 9.64 Å². The average molecular weight is 444 g/mol. The fraction of sp³-hybridized carbons (Fsp3) is 0.941. The van der Waals surface area contributed by atoms with Crippen molar-refractivity contribution in [3.63, 3.8) is 0 Å². The fourth-order valence-electron chi connectivity index (χ4n) is 3.21. The monoisotopic (exact) mass is 443 g/mol. The molecule has 0 spiro atoms. The summed E-state index contributed by atoms with van der Waals surface area (Å²) in [5.41, 5.74) is -0.973. The van der Waals surface area contributed by atoms with Crippen LogP contribution in [0.1, 0.15) is 52.9 Å². The number of carbonyl (C=O) groups excluding carboxylic acids is 1. The Morgan fingerprint density at radius 2 is 1.43 bits per heavy atom. The Morgan fingerprint density at radius 1 is 0.929 bits per heavy atom. The Labute approximate surface area is 169 Å². The lowest BCUT2D eigenvalue weighted by Gasteiger charge is -2.33.